The maximum Gasteiger partial charge on any atom is 0.279 e. The van der Waals surface area contributed by atoms with Crippen LogP contribution < -0.4 is 20.3 Å². The number of carbonyl (C=O) groups excluding carboxylic acids is 2. The normalized spacial score (nSPS) is 12.1. The molecule has 0 heterocycles. The number of amides is 2. The van der Waals surface area contributed by atoms with Gasteiger partial charge in [-0.1, -0.05) is 44.5 Å². The molecule has 2 rings (SSSR count). The average Bonchev–Trinajstić information content (AvgIpc) is 2.65. The molecule has 0 aliphatic carbocycles. The van der Waals surface area contributed by atoms with Gasteiger partial charge in [0.1, 0.15) is 11.5 Å². The van der Waals surface area contributed by atoms with Crippen LogP contribution in [0.3, 0.4) is 0 Å². The Balaban J connectivity index is 1.78. The highest BCUT2D eigenvalue weighted by atomic mass is 79.9. The number of carbonyl (C=O) groups is 2. The molecule has 0 spiro atoms. The first kappa shape index (κ1) is 23.0. The molecule has 2 aromatic rings. The molecule has 8 heteroatoms. The predicted molar refractivity (Wildman–Crippen MR) is 116 cm³/mol. The minimum atomic E-state index is -0.790. The molecule has 0 bridgehead atoms. The molecule has 29 heavy (non-hydrogen) atoms. The fourth-order valence-corrected chi connectivity index (χ4v) is 3.09. The third-order valence-corrected chi connectivity index (χ3v) is 4.84. The van der Waals surface area contributed by atoms with E-state index in [0.717, 1.165) is 0 Å². The Bertz CT molecular complexity index is 866. The van der Waals surface area contributed by atoms with Crippen LogP contribution in [-0.2, 0) is 15.0 Å². The Labute approximate surface area is 184 Å². The molecule has 0 saturated carbocycles. The van der Waals surface area contributed by atoms with Crippen LogP contribution in [0, 0.1) is 0 Å². The summed E-state index contributed by atoms with van der Waals surface area (Å²) in [5.74, 6) is 0.0435. The standard InChI is InChI=1S/C21H24BrClN2O4/c1-13(29-16-8-5-14(6-9-16)21(2,3)4)20(27)25-24-19(26)12-28-18-10-7-15(23)11-17(18)22/h5-11,13H,12H2,1-4H3,(H,24,26)(H,25,27). The van der Waals surface area contributed by atoms with Gasteiger partial charge >= 0.3 is 0 Å². The van der Waals surface area contributed by atoms with Crippen molar-refractivity contribution in [2.24, 2.45) is 0 Å². The van der Waals surface area contributed by atoms with E-state index in [1.165, 1.54) is 5.56 Å². The molecule has 0 aliphatic heterocycles. The molecular weight excluding hydrogens is 460 g/mol. The van der Waals surface area contributed by atoms with Crippen molar-refractivity contribution in [2.75, 3.05) is 6.61 Å². The highest BCUT2D eigenvalue weighted by Gasteiger charge is 2.17. The Morgan fingerprint density at radius 1 is 1.10 bits per heavy atom. The average molecular weight is 484 g/mol. The number of halogens is 2. The van der Waals surface area contributed by atoms with Crippen molar-refractivity contribution in [1.82, 2.24) is 10.9 Å². The number of ether oxygens (including phenoxy) is 2. The maximum absolute atomic E-state index is 12.1. The van der Waals surface area contributed by atoms with E-state index < -0.39 is 17.9 Å². The van der Waals surface area contributed by atoms with Gasteiger partial charge in [0.05, 0.1) is 4.47 Å². The van der Waals surface area contributed by atoms with E-state index in [-0.39, 0.29) is 12.0 Å². The topological polar surface area (TPSA) is 76.7 Å². The molecule has 0 aliphatic rings. The zero-order chi connectivity index (χ0) is 21.6. The van der Waals surface area contributed by atoms with Crippen molar-refractivity contribution in [2.45, 2.75) is 39.2 Å². The summed E-state index contributed by atoms with van der Waals surface area (Å²) < 4.78 is 11.6. The van der Waals surface area contributed by atoms with Gasteiger partial charge in [0.2, 0.25) is 0 Å². The van der Waals surface area contributed by atoms with Gasteiger partial charge in [0, 0.05) is 5.02 Å². The third-order valence-electron chi connectivity index (χ3n) is 3.98. The zero-order valence-corrected chi connectivity index (χ0v) is 19.1. The SMILES string of the molecule is CC(Oc1ccc(C(C)(C)C)cc1)C(=O)NNC(=O)COc1ccc(Cl)cc1Br. The molecule has 0 radical (unpaired) electrons. The van der Waals surface area contributed by atoms with Crippen molar-refractivity contribution in [1.29, 1.82) is 0 Å². The van der Waals surface area contributed by atoms with E-state index in [4.69, 9.17) is 21.1 Å². The lowest BCUT2D eigenvalue weighted by molar-refractivity contribution is -0.133. The third kappa shape index (κ3) is 7.25. The fraction of sp³-hybridized carbons (Fsp3) is 0.333. The Hall–Kier alpha value is -2.25. The summed E-state index contributed by atoms with van der Waals surface area (Å²) in [6.07, 6.45) is -0.790. The first-order valence-electron chi connectivity index (χ1n) is 9.00. The molecule has 2 aromatic carbocycles. The van der Waals surface area contributed by atoms with Gasteiger partial charge in [-0.2, -0.15) is 0 Å². The van der Waals surface area contributed by atoms with Crippen molar-refractivity contribution in [3.05, 3.63) is 57.5 Å². The van der Waals surface area contributed by atoms with Crippen LogP contribution in [0.1, 0.15) is 33.3 Å². The number of benzene rings is 2. The second-order valence-electron chi connectivity index (χ2n) is 7.44. The van der Waals surface area contributed by atoms with E-state index in [2.05, 4.69) is 47.6 Å². The first-order chi connectivity index (χ1) is 13.6. The minimum Gasteiger partial charge on any atom is -0.483 e. The summed E-state index contributed by atoms with van der Waals surface area (Å²) in [7, 11) is 0. The molecule has 156 valence electrons. The van der Waals surface area contributed by atoms with Crippen molar-refractivity contribution in [3.8, 4) is 11.5 Å². The Kier molecular flexibility index (Phi) is 7.93. The first-order valence-corrected chi connectivity index (χ1v) is 10.2. The van der Waals surface area contributed by atoms with E-state index in [1.54, 1.807) is 25.1 Å². The molecule has 2 amide bonds. The molecule has 1 unspecified atom stereocenters. The monoisotopic (exact) mass is 482 g/mol. The maximum atomic E-state index is 12.1. The smallest absolute Gasteiger partial charge is 0.279 e. The van der Waals surface area contributed by atoms with Gasteiger partial charge in [-0.3, -0.25) is 20.4 Å². The summed E-state index contributed by atoms with van der Waals surface area (Å²) in [6.45, 7) is 7.69. The van der Waals surface area contributed by atoms with Crippen LogP contribution in [0.15, 0.2) is 46.9 Å². The van der Waals surface area contributed by atoms with Gasteiger partial charge in [0.15, 0.2) is 12.7 Å². The van der Waals surface area contributed by atoms with Crippen LogP contribution in [0.4, 0.5) is 0 Å². The fourth-order valence-electron chi connectivity index (χ4n) is 2.30. The summed E-state index contributed by atoms with van der Waals surface area (Å²) in [6, 6.07) is 12.5. The number of hydrazine groups is 1. The second kappa shape index (κ2) is 9.98. The van der Waals surface area contributed by atoms with E-state index in [9.17, 15) is 9.59 Å². The Morgan fingerprint density at radius 2 is 1.76 bits per heavy atom. The quantitative estimate of drug-likeness (QED) is 0.597. The van der Waals surface area contributed by atoms with Gasteiger partial charge in [0.25, 0.3) is 11.8 Å². The van der Waals surface area contributed by atoms with Crippen LogP contribution in [0.25, 0.3) is 0 Å². The lowest BCUT2D eigenvalue weighted by Crippen LogP contribution is -2.48. The molecule has 2 N–H and O–H groups in total. The molecule has 1 atom stereocenters. The lowest BCUT2D eigenvalue weighted by Gasteiger charge is -2.20. The molecule has 0 saturated heterocycles. The van der Waals surface area contributed by atoms with Crippen LogP contribution in [0.5, 0.6) is 11.5 Å². The summed E-state index contributed by atoms with van der Waals surface area (Å²) in [4.78, 5) is 24.0. The largest absolute Gasteiger partial charge is 0.483 e. The number of nitrogens with one attached hydrogen (secondary N) is 2. The minimum absolute atomic E-state index is 0.0372. The number of hydrogen-bond acceptors (Lipinski definition) is 4. The van der Waals surface area contributed by atoms with Crippen molar-refractivity contribution < 1.29 is 19.1 Å². The summed E-state index contributed by atoms with van der Waals surface area (Å²) in [5.41, 5.74) is 5.82. The van der Waals surface area contributed by atoms with E-state index in [1.807, 2.05) is 24.3 Å². The van der Waals surface area contributed by atoms with E-state index >= 15 is 0 Å². The highest BCUT2D eigenvalue weighted by molar-refractivity contribution is 9.10. The molecule has 0 aromatic heterocycles. The van der Waals surface area contributed by atoms with Crippen molar-refractivity contribution >= 4 is 39.3 Å². The van der Waals surface area contributed by atoms with Gasteiger partial charge in [-0.25, -0.2) is 0 Å². The summed E-state index contributed by atoms with van der Waals surface area (Å²) in [5, 5.41) is 0.544. The molecule has 0 fully saturated rings. The summed E-state index contributed by atoms with van der Waals surface area (Å²) >= 11 is 9.15. The van der Waals surface area contributed by atoms with Gasteiger partial charge < -0.3 is 9.47 Å². The Morgan fingerprint density at radius 3 is 2.34 bits per heavy atom. The number of hydrogen-bond donors (Lipinski definition) is 2. The second-order valence-corrected chi connectivity index (χ2v) is 8.73. The van der Waals surface area contributed by atoms with Crippen LogP contribution in [0.2, 0.25) is 5.02 Å². The zero-order valence-electron chi connectivity index (χ0n) is 16.7. The predicted octanol–water partition coefficient (Wildman–Crippen LogP) is 4.39. The molecular formula is C21H24BrClN2O4. The highest BCUT2D eigenvalue weighted by Crippen LogP contribution is 2.28. The van der Waals surface area contributed by atoms with Gasteiger partial charge in [-0.05, 0) is 64.2 Å². The van der Waals surface area contributed by atoms with Crippen LogP contribution in [-0.4, -0.2) is 24.5 Å². The lowest BCUT2D eigenvalue weighted by atomic mass is 9.87. The van der Waals surface area contributed by atoms with E-state index in [0.29, 0.717) is 21.0 Å². The number of rotatable bonds is 6. The van der Waals surface area contributed by atoms with Crippen molar-refractivity contribution in [3.63, 3.8) is 0 Å². The van der Waals surface area contributed by atoms with Crippen LogP contribution >= 0.6 is 27.5 Å². The van der Waals surface area contributed by atoms with Gasteiger partial charge in [-0.15, -0.1) is 0 Å². The molecule has 6 nitrogen and oxygen atoms in total.